The first-order chi connectivity index (χ1) is 13.5. The summed E-state index contributed by atoms with van der Waals surface area (Å²) in [5.74, 6) is 1.99. The number of hydrogen-bond acceptors (Lipinski definition) is 6. The number of carbonyl (C=O) groups excluding carboxylic acids is 1. The summed E-state index contributed by atoms with van der Waals surface area (Å²) in [6.45, 7) is 1.94. The van der Waals surface area contributed by atoms with Crippen LogP contribution in [0.3, 0.4) is 0 Å². The first-order valence-corrected chi connectivity index (χ1v) is 8.84. The summed E-state index contributed by atoms with van der Waals surface area (Å²) in [6.07, 6.45) is 0.671. The van der Waals surface area contributed by atoms with E-state index in [-0.39, 0.29) is 0 Å². The second-order valence-electron chi connectivity index (χ2n) is 5.71. The number of hydrogen-bond donors (Lipinski definition) is 2. The second kappa shape index (κ2) is 8.62. The number of benzene rings is 2. The molecule has 0 fully saturated rings. The van der Waals surface area contributed by atoms with Gasteiger partial charge in [0.05, 0.1) is 19.2 Å². The van der Waals surface area contributed by atoms with Crippen LogP contribution in [0.5, 0.6) is 11.5 Å². The molecule has 0 aliphatic heterocycles. The van der Waals surface area contributed by atoms with Crippen LogP contribution in [0.4, 0.5) is 16.2 Å². The maximum Gasteiger partial charge on any atom is 0.323 e. The third-order valence-corrected chi connectivity index (χ3v) is 4.19. The predicted molar refractivity (Wildman–Crippen MR) is 106 cm³/mol. The average molecular weight is 403 g/mol. The fourth-order valence-electron chi connectivity index (χ4n) is 2.45. The minimum absolute atomic E-state index is 0.297. The number of rotatable bonds is 6. The SMILES string of the molecule is CCc1nc(-c2ccc(NC(=O)Nc3c(Cl)cc(OC)cc3OC)cc2)no1. The Hall–Kier alpha value is -3.26. The third-order valence-electron chi connectivity index (χ3n) is 3.89. The number of methoxy groups -OCH3 is 2. The van der Waals surface area contributed by atoms with Gasteiger partial charge in [0, 0.05) is 29.8 Å². The molecule has 1 aromatic heterocycles. The number of anilines is 2. The monoisotopic (exact) mass is 402 g/mol. The molecule has 0 saturated heterocycles. The number of amides is 2. The molecule has 3 rings (SSSR count). The van der Waals surface area contributed by atoms with Crippen molar-refractivity contribution >= 4 is 29.0 Å². The van der Waals surface area contributed by atoms with Gasteiger partial charge < -0.3 is 24.6 Å². The molecule has 0 unspecified atom stereocenters. The Morgan fingerprint density at radius 3 is 2.50 bits per heavy atom. The van der Waals surface area contributed by atoms with Crippen LogP contribution >= 0.6 is 11.6 Å². The van der Waals surface area contributed by atoms with E-state index in [0.29, 0.717) is 46.0 Å². The molecule has 3 aromatic rings. The number of halogens is 1. The lowest BCUT2D eigenvalue weighted by Gasteiger charge is -2.14. The van der Waals surface area contributed by atoms with Gasteiger partial charge in [0.2, 0.25) is 11.7 Å². The van der Waals surface area contributed by atoms with Crippen LogP contribution in [-0.2, 0) is 6.42 Å². The van der Waals surface area contributed by atoms with E-state index < -0.39 is 6.03 Å². The molecule has 146 valence electrons. The van der Waals surface area contributed by atoms with E-state index in [1.165, 1.54) is 14.2 Å². The van der Waals surface area contributed by atoms with Gasteiger partial charge in [0.15, 0.2) is 0 Å². The van der Waals surface area contributed by atoms with E-state index >= 15 is 0 Å². The van der Waals surface area contributed by atoms with Gasteiger partial charge >= 0.3 is 6.03 Å². The van der Waals surface area contributed by atoms with Crippen molar-refractivity contribution in [3.8, 4) is 22.9 Å². The second-order valence-corrected chi connectivity index (χ2v) is 6.12. The Labute approximate surface area is 166 Å². The highest BCUT2D eigenvalue weighted by Gasteiger charge is 2.14. The molecule has 0 aliphatic rings. The summed E-state index contributed by atoms with van der Waals surface area (Å²) in [5, 5.41) is 9.64. The van der Waals surface area contributed by atoms with Crippen molar-refractivity contribution in [2.45, 2.75) is 13.3 Å². The van der Waals surface area contributed by atoms with Crippen LogP contribution in [-0.4, -0.2) is 30.4 Å². The summed E-state index contributed by atoms with van der Waals surface area (Å²) in [6, 6.07) is 9.82. The molecule has 0 saturated carbocycles. The maximum atomic E-state index is 12.3. The van der Waals surface area contributed by atoms with Crippen LogP contribution in [0.1, 0.15) is 12.8 Å². The standard InChI is InChI=1S/C19H19ClN4O4/c1-4-16-22-18(24-28-16)11-5-7-12(8-6-11)21-19(25)23-17-14(20)9-13(26-2)10-15(17)27-3/h5-10H,4H2,1-3H3,(H2,21,23,25). The molecule has 2 N–H and O–H groups in total. The van der Waals surface area contributed by atoms with Gasteiger partial charge in [-0.05, 0) is 24.3 Å². The molecular formula is C19H19ClN4O4. The largest absolute Gasteiger partial charge is 0.497 e. The van der Waals surface area contributed by atoms with E-state index in [1.807, 2.05) is 6.92 Å². The van der Waals surface area contributed by atoms with Gasteiger partial charge in [-0.1, -0.05) is 23.7 Å². The first-order valence-electron chi connectivity index (χ1n) is 8.46. The van der Waals surface area contributed by atoms with Gasteiger partial charge in [-0.15, -0.1) is 0 Å². The zero-order valence-electron chi connectivity index (χ0n) is 15.6. The topological polar surface area (TPSA) is 98.5 Å². The van der Waals surface area contributed by atoms with Crippen LogP contribution in [0.25, 0.3) is 11.4 Å². The summed E-state index contributed by atoms with van der Waals surface area (Å²) in [4.78, 5) is 16.6. The highest BCUT2D eigenvalue weighted by atomic mass is 35.5. The molecule has 0 aliphatic carbocycles. The molecule has 28 heavy (non-hydrogen) atoms. The number of aryl methyl sites for hydroxylation is 1. The van der Waals surface area contributed by atoms with Crippen molar-refractivity contribution in [2.75, 3.05) is 24.9 Å². The fourth-order valence-corrected chi connectivity index (χ4v) is 2.70. The molecule has 0 bridgehead atoms. The lowest BCUT2D eigenvalue weighted by atomic mass is 10.2. The lowest BCUT2D eigenvalue weighted by Crippen LogP contribution is -2.20. The number of aromatic nitrogens is 2. The van der Waals surface area contributed by atoms with Crippen LogP contribution in [0.15, 0.2) is 40.9 Å². The number of nitrogens with one attached hydrogen (secondary N) is 2. The van der Waals surface area contributed by atoms with Crippen molar-refractivity contribution in [1.82, 2.24) is 10.1 Å². The Morgan fingerprint density at radius 1 is 1.14 bits per heavy atom. The van der Waals surface area contributed by atoms with Crippen LogP contribution in [0.2, 0.25) is 5.02 Å². The van der Waals surface area contributed by atoms with Crippen molar-refractivity contribution in [2.24, 2.45) is 0 Å². The number of nitrogens with zero attached hydrogens (tertiary/aromatic N) is 2. The molecule has 0 atom stereocenters. The highest BCUT2D eigenvalue weighted by molar-refractivity contribution is 6.34. The van der Waals surface area contributed by atoms with Gasteiger partial charge in [-0.3, -0.25) is 0 Å². The average Bonchev–Trinajstić information content (AvgIpc) is 3.19. The van der Waals surface area contributed by atoms with Crippen LogP contribution in [0, 0.1) is 0 Å². The Kier molecular flexibility index (Phi) is 6.00. The highest BCUT2D eigenvalue weighted by Crippen LogP contribution is 2.36. The molecular weight excluding hydrogens is 384 g/mol. The molecule has 8 nitrogen and oxygen atoms in total. The smallest absolute Gasteiger partial charge is 0.323 e. The minimum atomic E-state index is -0.467. The fraction of sp³-hybridized carbons (Fsp3) is 0.211. The van der Waals surface area contributed by atoms with Crippen molar-refractivity contribution in [1.29, 1.82) is 0 Å². The summed E-state index contributed by atoms with van der Waals surface area (Å²) in [7, 11) is 3.00. The van der Waals surface area contributed by atoms with Gasteiger partial charge in [0.25, 0.3) is 0 Å². The van der Waals surface area contributed by atoms with Gasteiger partial charge in [-0.2, -0.15) is 4.98 Å². The van der Waals surface area contributed by atoms with Crippen molar-refractivity contribution < 1.29 is 18.8 Å². The van der Waals surface area contributed by atoms with E-state index in [9.17, 15) is 4.79 Å². The van der Waals surface area contributed by atoms with Crippen LogP contribution < -0.4 is 20.1 Å². The van der Waals surface area contributed by atoms with Gasteiger partial charge in [-0.25, -0.2) is 4.79 Å². The van der Waals surface area contributed by atoms with E-state index in [4.69, 9.17) is 25.6 Å². The summed E-state index contributed by atoms with van der Waals surface area (Å²) in [5.41, 5.74) is 1.72. The summed E-state index contributed by atoms with van der Waals surface area (Å²) >= 11 is 6.22. The number of carbonyl (C=O) groups is 1. The number of ether oxygens (including phenoxy) is 2. The molecule has 0 radical (unpaired) electrons. The van der Waals surface area contributed by atoms with E-state index in [2.05, 4.69) is 20.8 Å². The predicted octanol–water partition coefficient (Wildman–Crippen LogP) is 4.61. The van der Waals surface area contributed by atoms with Gasteiger partial charge in [0.1, 0.15) is 17.2 Å². The molecule has 1 heterocycles. The zero-order chi connectivity index (χ0) is 20.1. The normalized spacial score (nSPS) is 10.4. The van der Waals surface area contributed by atoms with E-state index in [0.717, 1.165) is 5.56 Å². The lowest BCUT2D eigenvalue weighted by molar-refractivity contribution is 0.262. The Bertz CT molecular complexity index is 973. The maximum absolute atomic E-state index is 12.3. The first kappa shape index (κ1) is 19.5. The molecule has 2 amide bonds. The Balaban J connectivity index is 1.70. The quantitative estimate of drug-likeness (QED) is 0.624. The number of urea groups is 1. The van der Waals surface area contributed by atoms with E-state index in [1.54, 1.807) is 36.4 Å². The molecule has 0 spiro atoms. The van der Waals surface area contributed by atoms with Crippen molar-refractivity contribution in [3.05, 3.63) is 47.3 Å². The van der Waals surface area contributed by atoms with Crippen molar-refractivity contribution in [3.63, 3.8) is 0 Å². The minimum Gasteiger partial charge on any atom is -0.497 e. The zero-order valence-corrected chi connectivity index (χ0v) is 16.3. The molecule has 2 aromatic carbocycles. The third kappa shape index (κ3) is 4.34. The molecule has 9 heteroatoms. The Morgan fingerprint density at radius 2 is 1.89 bits per heavy atom. The summed E-state index contributed by atoms with van der Waals surface area (Å²) < 4.78 is 15.5.